The highest BCUT2D eigenvalue weighted by molar-refractivity contribution is 7.98. The standard InChI is InChI=1S/C17H18N4O3S/c1-12(2)10-20-16(15-7-4-8-24-15)18-19-17(20)25-11-13-5-3-6-14(9-13)21(22)23/h3-9,12H,10-11H2,1-2H3. The predicted molar refractivity (Wildman–Crippen MR) is 95.2 cm³/mol. The van der Waals surface area contributed by atoms with Gasteiger partial charge < -0.3 is 4.42 Å². The predicted octanol–water partition coefficient (Wildman–Crippen LogP) is 4.39. The van der Waals surface area contributed by atoms with Gasteiger partial charge in [-0.1, -0.05) is 37.7 Å². The maximum Gasteiger partial charge on any atom is 0.269 e. The molecule has 1 aromatic carbocycles. The number of aromatic nitrogens is 3. The van der Waals surface area contributed by atoms with Crippen molar-refractivity contribution < 1.29 is 9.34 Å². The zero-order valence-electron chi connectivity index (χ0n) is 14.0. The summed E-state index contributed by atoms with van der Waals surface area (Å²) in [5, 5.41) is 20.2. The Bertz CT molecular complexity index is 859. The Balaban J connectivity index is 1.82. The Morgan fingerprint density at radius 3 is 2.80 bits per heavy atom. The molecule has 2 aromatic heterocycles. The highest BCUT2D eigenvalue weighted by atomic mass is 32.2. The van der Waals surface area contributed by atoms with Crippen molar-refractivity contribution in [3.8, 4) is 11.6 Å². The molecule has 0 fully saturated rings. The first-order valence-electron chi connectivity index (χ1n) is 7.88. The molecule has 25 heavy (non-hydrogen) atoms. The van der Waals surface area contributed by atoms with Crippen LogP contribution < -0.4 is 0 Å². The number of hydrogen-bond donors (Lipinski definition) is 0. The van der Waals surface area contributed by atoms with Crippen LogP contribution in [0.4, 0.5) is 5.69 Å². The fraction of sp³-hybridized carbons (Fsp3) is 0.294. The third kappa shape index (κ3) is 4.08. The summed E-state index contributed by atoms with van der Waals surface area (Å²) in [4.78, 5) is 10.5. The second-order valence-corrected chi connectivity index (χ2v) is 6.95. The molecule has 8 heteroatoms. The fourth-order valence-corrected chi connectivity index (χ4v) is 3.31. The van der Waals surface area contributed by atoms with E-state index < -0.39 is 0 Å². The van der Waals surface area contributed by atoms with E-state index in [9.17, 15) is 10.1 Å². The van der Waals surface area contributed by atoms with Gasteiger partial charge in [-0.25, -0.2) is 0 Å². The van der Waals surface area contributed by atoms with Crippen LogP contribution >= 0.6 is 11.8 Å². The first-order chi connectivity index (χ1) is 12.0. The van der Waals surface area contributed by atoms with Crippen LogP contribution in [0.2, 0.25) is 0 Å². The highest BCUT2D eigenvalue weighted by Gasteiger charge is 2.17. The molecule has 0 aliphatic carbocycles. The van der Waals surface area contributed by atoms with E-state index in [1.165, 1.54) is 17.8 Å². The van der Waals surface area contributed by atoms with Gasteiger partial charge in [0.1, 0.15) is 0 Å². The van der Waals surface area contributed by atoms with Gasteiger partial charge in [-0.3, -0.25) is 14.7 Å². The number of rotatable bonds is 7. The van der Waals surface area contributed by atoms with E-state index >= 15 is 0 Å². The van der Waals surface area contributed by atoms with Crippen molar-refractivity contribution in [2.45, 2.75) is 31.3 Å². The van der Waals surface area contributed by atoms with Gasteiger partial charge in [-0.05, 0) is 23.6 Å². The summed E-state index contributed by atoms with van der Waals surface area (Å²) < 4.78 is 7.49. The van der Waals surface area contributed by atoms with Crippen LogP contribution in [0.1, 0.15) is 19.4 Å². The molecule has 130 valence electrons. The number of benzene rings is 1. The molecule has 0 spiro atoms. The number of thioether (sulfide) groups is 1. The molecule has 0 saturated carbocycles. The van der Waals surface area contributed by atoms with Gasteiger partial charge in [0.25, 0.3) is 5.69 Å². The van der Waals surface area contributed by atoms with Crippen molar-refractivity contribution in [3.05, 3.63) is 58.3 Å². The Hall–Kier alpha value is -2.61. The topological polar surface area (TPSA) is 87.0 Å². The SMILES string of the molecule is CC(C)Cn1c(SCc2cccc([N+](=O)[O-])c2)nnc1-c1ccco1. The zero-order valence-corrected chi connectivity index (χ0v) is 14.8. The Morgan fingerprint density at radius 1 is 1.28 bits per heavy atom. The summed E-state index contributed by atoms with van der Waals surface area (Å²) in [5.41, 5.74) is 0.968. The van der Waals surface area contributed by atoms with Crippen LogP contribution in [0, 0.1) is 16.0 Å². The molecule has 3 rings (SSSR count). The first-order valence-corrected chi connectivity index (χ1v) is 8.86. The van der Waals surface area contributed by atoms with E-state index in [0.29, 0.717) is 23.3 Å². The van der Waals surface area contributed by atoms with Crippen molar-refractivity contribution in [1.29, 1.82) is 0 Å². The van der Waals surface area contributed by atoms with E-state index in [1.807, 2.05) is 22.8 Å². The summed E-state index contributed by atoms with van der Waals surface area (Å²) in [6.07, 6.45) is 1.61. The lowest BCUT2D eigenvalue weighted by atomic mass is 10.2. The summed E-state index contributed by atoms with van der Waals surface area (Å²) in [5.74, 6) is 2.37. The summed E-state index contributed by atoms with van der Waals surface area (Å²) in [6, 6.07) is 10.3. The van der Waals surface area contributed by atoms with E-state index in [1.54, 1.807) is 18.4 Å². The van der Waals surface area contributed by atoms with Gasteiger partial charge in [0.05, 0.1) is 11.2 Å². The highest BCUT2D eigenvalue weighted by Crippen LogP contribution is 2.28. The molecular formula is C17H18N4O3S. The van der Waals surface area contributed by atoms with Crippen LogP contribution in [0.25, 0.3) is 11.6 Å². The van der Waals surface area contributed by atoms with E-state index in [0.717, 1.165) is 17.3 Å². The third-order valence-corrected chi connectivity index (χ3v) is 4.53. The lowest BCUT2D eigenvalue weighted by Crippen LogP contribution is -2.07. The average molecular weight is 358 g/mol. The van der Waals surface area contributed by atoms with Crippen LogP contribution in [0.5, 0.6) is 0 Å². The maximum absolute atomic E-state index is 10.9. The number of hydrogen-bond acceptors (Lipinski definition) is 6. The normalized spacial score (nSPS) is 11.2. The maximum atomic E-state index is 10.9. The lowest BCUT2D eigenvalue weighted by Gasteiger charge is -2.11. The number of nitrogens with zero attached hydrogens (tertiary/aromatic N) is 4. The molecule has 0 aliphatic rings. The lowest BCUT2D eigenvalue weighted by molar-refractivity contribution is -0.384. The second-order valence-electron chi connectivity index (χ2n) is 6.00. The zero-order chi connectivity index (χ0) is 17.8. The molecule has 2 heterocycles. The molecule has 0 N–H and O–H groups in total. The molecule has 0 amide bonds. The van der Waals surface area contributed by atoms with E-state index in [2.05, 4.69) is 24.0 Å². The Kier molecular flexibility index (Phi) is 5.18. The molecule has 0 radical (unpaired) electrons. The first kappa shape index (κ1) is 17.2. The summed E-state index contributed by atoms with van der Waals surface area (Å²) in [6.45, 7) is 5.02. The summed E-state index contributed by atoms with van der Waals surface area (Å²) >= 11 is 1.51. The van der Waals surface area contributed by atoms with E-state index in [-0.39, 0.29) is 10.6 Å². The number of nitro groups is 1. The van der Waals surface area contributed by atoms with Gasteiger partial charge in [-0.2, -0.15) is 0 Å². The smallest absolute Gasteiger partial charge is 0.269 e. The average Bonchev–Trinajstić information content (AvgIpc) is 3.22. The number of furan rings is 1. The summed E-state index contributed by atoms with van der Waals surface area (Å²) in [7, 11) is 0. The van der Waals surface area contributed by atoms with Crippen molar-refractivity contribution in [2.75, 3.05) is 0 Å². The third-order valence-electron chi connectivity index (χ3n) is 3.50. The minimum atomic E-state index is -0.384. The van der Waals surface area contributed by atoms with Crippen LogP contribution in [0.15, 0.2) is 52.2 Å². The van der Waals surface area contributed by atoms with Gasteiger partial charge in [0.2, 0.25) is 0 Å². The van der Waals surface area contributed by atoms with Gasteiger partial charge in [-0.15, -0.1) is 10.2 Å². The molecule has 0 unspecified atom stereocenters. The fourth-order valence-electron chi connectivity index (χ4n) is 2.42. The molecular weight excluding hydrogens is 340 g/mol. The van der Waals surface area contributed by atoms with Crippen LogP contribution in [0.3, 0.4) is 0 Å². The Morgan fingerprint density at radius 2 is 2.12 bits per heavy atom. The molecule has 7 nitrogen and oxygen atoms in total. The van der Waals surface area contributed by atoms with E-state index in [4.69, 9.17) is 4.42 Å². The minimum absolute atomic E-state index is 0.0954. The van der Waals surface area contributed by atoms with Crippen molar-refractivity contribution >= 4 is 17.4 Å². The monoisotopic (exact) mass is 358 g/mol. The van der Waals surface area contributed by atoms with Crippen LogP contribution in [-0.4, -0.2) is 19.7 Å². The minimum Gasteiger partial charge on any atom is -0.461 e. The quantitative estimate of drug-likeness (QED) is 0.353. The largest absolute Gasteiger partial charge is 0.461 e. The van der Waals surface area contributed by atoms with Crippen molar-refractivity contribution in [3.63, 3.8) is 0 Å². The van der Waals surface area contributed by atoms with Gasteiger partial charge in [0.15, 0.2) is 16.7 Å². The Labute approximate surface area is 149 Å². The number of nitro benzene ring substituents is 1. The molecule has 0 saturated heterocycles. The molecule has 0 aliphatic heterocycles. The van der Waals surface area contributed by atoms with Crippen molar-refractivity contribution in [2.24, 2.45) is 5.92 Å². The molecule has 0 atom stereocenters. The van der Waals surface area contributed by atoms with Gasteiger partial charge in [0, 0.05) is 24.4 Å². The van der Waals surface area contributed by atoms with Gasteiger partial charge >= 0.3 is 0 Å². The number of non-ortho nitro benzene ring substituents is 1. The second kappa shape index (κ2) is 7.52. The molecule has 3 aromatic rings. The molecule has 0 bridgehead atoms. The van der Waals surface area contributed by atoms with Crippen LogP contribution in [-0.2, 0) is 12.3 Å². The van der Waals surface area contributed by atoms with Crippen molar-refractivity contribution in [1.82, 2.24) is 14.8 Å².